The highest BCUT2D eigenvalue weighted by atomic mass is 35.5. The molecule has 1 fully saturated rings. The SMILES string of the molecule is Cc1cc(Cl)ccc1NC(=O)c1cc(N2CCCCCC2)ccn1. The van der Waals surface area contributed by atoms with E-state index in [2.05, 4.69) is 15.2 Å². The van der Waals surface area contributed by atoms with Crippen molar-refractivity contribution in [1.29, 1.82) is 0 Å². The number of carbonyl (C=O) groups is 1. The van der Waals surface area contributed by atoms with Gasteiger partial charge in [0.15, 0.2) is 0 Å². The molecule has 0 radical (unpaired) electrons. The Labute approximate surface area is 147 Å². The maximum Gasteiger partial charge on any atom is 0.274 e. The minimum Gasteiger partial charge on any atom is -0.371 e. The number of rotatable bonds is 3. The van der Waals surface area contributed by atoms with E-state index in [-0.39, 0.29) is 5.91 Å². The van der Waals surface area contributed by atoms with Crippen molar-refractivity contribution in [2.45, 2.75) is 32.6 Å². The summed E-state index contributed by atoms with van der Waals surface area (Å²) in [5.74, 6) is -0.197. The molecule has 1 aromatic heterocycles. The van der Waals surface area contributed by atoms with Crippen LogP contribution in [0.15, 0.2) is 36.5 Å². The lowest BCUT2D eigenvalue weighted by molar-refractivity contribution is 0.102. The Morgan fingerprint density at radius 3 is 2.58 bits per heavy atom. The van der Waals surface area contributed by atoms with Gasteiger partial charge < -0.3 is 10.2 Å². The summed E-state index contributed by atoms with van der Waals surface area (Å²) in [6.45, 7) is 4.01. The monoisotopic (exact) mass is 343 g/mol. The normalized spacial score (nSPS) is 15.0. The third-order valence-electron chi connectivity index (χ3n) is 4.38. The molecule has 0 atom stereocenters. The van der Waals surface area contributed by atoms with Crippen molar-refractivity contribution in [1.82, 2.24) is 4.98 Å². The lowest BCUT2D eigenvalue weighted by Gasteiger charge is -2.22. The summed E-state index contributed by atoms with van der Waals surface area (Å²) in [7, 11) is 0. The number of pyridine rings is 1. The van der Waals surface area contributed by atoms with Crippen LogP contribution >= 0.6 is 11.6 Å². The lowest BCUT2D eigenvalue weighted by Crippen LogP contribution is -2.24. The fourth-order valence-electron chi connectivity index (χ4n) is 3.02. The standard InChI is InChI=1S/C19H22ClN3O/c1-14-12-15(20)6-7-17(14)22-19(24)18-13-16(8-9-21-18)23-10-4-2-3-5-11-23/h6-9,12-13H,2-5,10-11H2,1H3,(H,22,24). The Bertz CT molecular complexity index is 724. The first-order valence-electron chi connectivity index (χ1n) is 8.42. The van der Waals surface area contributed by atoms with Crippen molar-refractivity contribution in [2.24, 2.45) is 0 Å². The van der Waals surface area contributed by atoms with Gasteiger partial charge in [0.05, 0.1) is 0 Å². The average Bonchev–Trinajstić information content (AvgIpc) is 2.87. The van der Waals surface area contributed by atoms with Crippen LogP contribution in [-0.4, -0.2) is 24.0 Å². The summed E-state index contributed by atoms with van der Waals surface area (Å²) in [6, 6.07) is 9.28. The second-order valence-electron chi connectivity index (χ2n) is 6.21. The van der Waals surface area contributed by atoms with E-state index < -0.39 is 0 Å². The fraction of sp³-hybridized carbons (Fsp3) is 0.368. The van der Waals surface area contributed by atoms with E-state index in [9.17, 15) is 4.79 Å². The van der Waals surface area contributed by atoms with Crippen molar-refractivity contribution in [3.63, 3.8) is 0 Å². The highest BCUT2D eigenvalue weighted by Gasteiger charge is 2.14. The van der Waals surface area contributed by atoms with Crippen molar-refractivity contribution >= 4 is 28.9 Å². The number of benzene rings is 1. The second-order valence-corrected chi connectivity index (χ2v) is 6.65. The predicted octanol–water partition coefficient (Wildman–Crippen LogP) is 4.68. The molecule has 0 saturated carbocycles. The van der Waals surface area contributed by atoms with E-state index in [0.717, 1.165) is 30.0 Å². The largest absolute Gasteiger partial charge is 0.371 e. The molecule has 0 bridgehead atoms. The molecule has 2 heterocycles. The van der Waals surface area contributed by atoms with E-state index in [1.807, 2.05) is 31.2 Å². The summed E-state index contributed by atoms with van der Waals surface area (Å²) < 4.78 is 0. The highest BCUT2D eigenvalue weighted by Crippen LogP contribution is 2.22. The molecule has 1 amide bonds. The van der Waals surface area contributed by atoms with Gasteiger partial charge in [-0.2, -0.15) is 0 Å². The van der Waals surface area contributed by atoms with Crippen LogP contribution in [0, 0.1) is 6.92 Å². The van der Waals surface area contributed by atoms with Gasteiger partial charge in [-0.25, -0.2) is 0 Å². The van der Waals surface area contributed by atoms with Crippen LogP contribution in [0.25, 0.3) is 0 Å². The zero-order chi connectivity index (χ0) is 16.9. The zero-order valence-electron chi connectivity index (χ0n) is 13.9. The molecule has 2 aromatic rings. The molecule has 1 aromatic carbocycles. The minimum atomic E-state index is -0.197. The summed E-state index contributed by atoms with van der Waals surface area (Å²) in [6.07, 6.45) is 6.68. The molecule has 126 valence electrons. The van der Waals surface area contributed by atoms with Gasteiger partial charge in [0.25, 0.3) is 5.91 Å². The summed E-state index contributed by atoms with van der Waals surface area (Å²) in [5, 5.41) is 3.58. The third-order valence-corrected chi connectivity index (χ3v) is 4.62. The molecule has 1 aliphatic heterocycles. The minimum absolute atomic E-state index is 0.197. The maximum absolute atomic E-state index is 12.5. The van der Waals surface area contributed by atoms with Gasteiger partial charge in [0, 0.05) is 35.7 Å². The Balaban J connectivity index is 1.76. The van der Waals surface area contributed by atoms with Gasteiger partial charge in [0.2, 0.25) is 0 Å². The Morgan fingerprint density at radius 1 is 1.12 bits per heavy atom. The first kappa shape index (κ1) is 16.8. The summed E-state index contributed by atoms with van der Waals surface area (Å²) >= 11 is 5.96. The molecular formula is C19H22ClN3O. The van der Waals surface area contributed by atoms with E-state index in [1.165, 1.54) is 25.7 Å². The highest BCUT2D eigenvalue weighted by molar-refractivity contribution is 6.30. The number of amides is 1. The van der Waals surface area contributed by atoms with Crippen LogP contribution in [0.3, 0.4) is 0 Å². The van der Waals surface area contributed by atoms with Crippen molar-refractivity contribution in [2.75, 3.05) is 23.3 Å². The number of nitrogens with zero attached hydrogens (tertiary/aromatic N) is 2. The predicted molar refractivity (Wildman–Crippen MR) is 99.1 cm³/mol. The smallest absolute Gasteiger partial charge is 0.274 e. The Hall–Kier alpha value is -2.07. The number of aromatic nitrogens is 1. The summed E-state index contributed by atoms with van der Waals surface area (Å²) in [4.78, 5) is 19.1. The quantitative estimate of drug-likeness (QED) is 0.880. The molecule has 0 unspecified atom stereocenters. The van der Waals surface area contributed by atoms with E-state index >= 15 is 0 Å². The molecule has 4 nitrogen and oxygen atoms in total. The molecule has 24 heavy (non-hydrogen) atoms. The molecule has 1 N–H and O–H groups in total. The zero-order valence-corrected chi connectivity index (χ0v) is 14.6. The number of hydrogen-bond acceptors (Lipinski definition) is 3. The summed E-state index contributed by atoms with van der Waals surface area (Å²) in [5.41, 5.74) is 3.20. The van der Waals surface area contributed by atoms with Crippen LogP contribution < -0.4 is 10.2 Å². The van der Waals surface area contributed by atoms with E-state index in [4.69, 9.17) is 11.6 Å². The number of anilines is 2. The lowest BCUT2D eigenvalue weighted by atomic mass is 10.2. The van der Waals surface area contributed by atoms with Gasteiger partial charge in [-0.15, -0.1) is 0 Å². The number of halogens is 1. The van der Waals surface area contributed by atoms with Crippen molar-refractivity contribution in [3.8, 4) is 0 Å². The topological polar surface area (TPSA) is 45.2 Å². The van der Waals surface area contributed by atoms with Gasteiger partial charge in [-0.1, -0.05) is 24.4 Å². The Kier molecular flexibility index (Phi) is 5.36. The molecule has 0 aliphatic carbocycles. The Morgan fingerprint density at radius 2 is 1.88 bits per heavy atom. The number of carbonyl (C=O) groups excluding carboxylic acids is 1. The van der Waals surface area contributed by atoms with Crippen LogP contribution in [-0.2, 0) is 0 Å². The molecule has 3 rings (SSSR count). The first-order valence-corrected chi connectivity index (χ1v) is 8.80. The van der Waals surface area contributed by atoms with Crippen molar-refractivity contribution < 1.29 is 4.79 Å². The van der Waals surface area contributed by atoms with Gasteiger partial charge in [0.1, 0.15) is 5.69 Å². The first-order chi connectivity index (χ1) is 11.6. The van der Waals surface area contributed by atoms with Crippen LogP contribution in [0.2, 0.25) is 5.02 Å². The number of nitrogens with one attached hydrogen (secondary N) is 1. The third kappa shape index (κ3) is 4.06. The van der Waals surface area contributed by atoms with Crippen LogP contribution in [0.4, 0.5) is 11.4 Å². The molecule has 1 saturated heterocycles. The second kappa shape index (κ2) is 7.67. The molecule has 5 heteroatoms. The number of aryl methyl sites for hydroxylation is 1. The molecular weight excluding hydrogens is 322 g/mol. The maximum atomic E-state index is 12.5. The fourth-order valence-corrected chi connectivity index (χ4v) is 3.25. The van der Waals surface area contributed by atoms with E-state index in [1.54, 1.807) is 12.3 Å². The number of hydrogen-bond donors (Lipinski definition) is 1. The average molecular weight is 344 g/mol. The molecule has 1 aliphatic rings. The van der Waals surface area contributed by atoms with Gasteiger partial charge >= 0.3 is 0 Å². The van der Waals surface area contributed by atoms with Crippen LogP contribution in [0.5, 0.6) is 0 Å². The van der Waals surface area contributed by atoms with E-state index in [0.29, 0.717) is 10.7 Å². The van der Waals surface area contributed by atoms with Crippen molar-refractivity contribution in [3.05, 3.63) is 52.8 Å². The van der Waals surface area contributed by atoms with Gasteiger partial charge in [-0.3, -0.25) is 9.78 Å². The molecule has 0 spiro atoms. The van der Waals surface area contributed by atoms with Crippen LogP contribution in [0.1, 0.15) is 41.7 Å². The van der Waals surface area contributed by atoms with Gasteiger partial charge in [-0.05, 0) is 55.7 Å².